The molecule has 49 heavy (non-hydrogen) atoms. The van der Waals surface area contributed by atoms with Crippen LogP contribution in [0.4, 0.5) is 0 Å². The van der Waals surface area contributed by atoms with Gasteiger partial charge in [-0.3, -0.25) is 4.98 Å². The molecule has 0 N–H and O–H groups in total. The number of nitrogens with zero attached hydrogens (tertiary/aromatic N) is 3. The fourth-order valence-corrected chi connectivity index (χ4v) is 8.07. The number of imidazole rings is 1. The Hall–Kier alpha value is -6.58. The second-order valence-corrected chi connectivity index (χ2v) is 13.1. The van der Waals surface area contributed by atoms with Crippen molar-refractivity contribution in [3.8, 4) is 33.6 Å². The quantitative estimate of drug-likeness (QED) is 0.184. The Morgan fingerprint density at radius 3 is 1.61 bits per heavy atom. The molecule has 0 atom stereocenters. The average Bonchev–Trinajstić information content (AvgIpc) is 3.61. The maximum atomic E-state index is 4.83. The molecule has 0 fully saturated rings. The van der Waals surface area contributed by atoms with Crippen molar-refractivity contribution >= 4 is 70.3 Å². The van der Waals surface area contributed by atoms with E-state index in [4.69, 9.17) is 9.97 Å². The first kappa shape index (κ1) is 26.5. The van der Waals surface area contributed by atoms with Gasteiger partial charge in [0.15, 0.2) is 0 Å². The molecular formula is C46H27N3. The first-order valence-corrected chi connectivity index (χ1v) is 16.7. The van der Waals surface area contributed by atoms with Gasteiger partial charge in [0.1, 0.15) is 5.65 Å². The Kier molecular flexibility index (Phi) is 5.38. The van der Waals surface area contributed by atoms with Crippen LogP contribution in [0.2, 0.25) is 0 Å². The highest BCUT2D eigenvalue weighted by atomic mass is 15.0. The molecule has 0 unspecified atom stereocenters. The molecule has 0 spiro atoms. The summed E-state index contributed by atoms with van der Waals surface area (Å²) < 4.78 is 2.04. The van der Waals surface area contributed by atoms with Crippen molar-refractivity contribution in [3.05, 3.63) is 164 Å². The van der Waals surface area contributed by atoms with E-state index < -0.39 is 0 Å². The van der Waals surface area contributed by atoms with E-state index >= 15 is 0 Å². The highest BCUT2D eigenvalue weighted by Gasteiger charge is 2.16. The van der Waals surface area contributed by atoms with Crippen molar-refractivity contribution in [3.63, 3.8) is 0 Å². The number of aromatic nitrogens is 3. The van der Waals surface area contributed by atoms with Crippen LogP contribution in [0.3, 0.4) is 0 Å². The third-order valence-corrected chi connectivity index (χ3v) is 10.4. The predicted octanol–water partition coefficient (Wildman–Crippen LogP) is 12.1. The van der Waals surface area contributed by atoms with E-state index in [0.29, 0.717) is 0 Å². The molecule has 0 amide bonds. The minimum Gasteiger partial charge on any atom is -0.306 e. The molecule has 11 aromatic rings. The Morgan fingerprint density at radius 2 is 0.980 bits per heavy atom. The smallest absolute Gasteiger partial charge is 0.137 e. The van der Waals surface area contributed by atoms with Crippen LogP contribution in [0.1, 0.15) is 0 Å². The zero-order valence-corrected chi connectivity index (χ0v) is 26.4. The molecule has 3 heterocycles. The fraction of sp³-hybridized carbons (Fsp3) is 0. The molecule has 3 aromatic heterocycles. The van der Waals surface area contributed by atoms with E-state index in [1.165, 1.54) is 75.8 Å². The molecule has 0 saturated heterocycles. The van der Waals surface area contributed by atoms with Crippen molar-refractivity contribution in [1.82, 2.24) is 14.4 Å². The average molecular weight is 622 g/mol. The monoisotopic (exact) mass is 621 g/mol. The molecule has 0 saturated carbocycles. The van der Waals surface area contributed by atoms with Crippen LogP contribution in [-0.2, 0) is 0 Å². The van der Waals surface area contributed by atoms with Crippen LogP contribution < -0.4 is 0 Å². The summed E-state index contributed by atoms with van der Waals surface area (Å²) in [6, 6.07) is 53.2. The van der Waals surface area contributed by atoms with Gasteiger partial charge in [-0.1, -0.05) is 109 Å². The van der Waals surface area contributed by atoms with Crippen molar-refractivity contribution in [2.75, 3.05) is 0 Å². The van der Waals surface area contributed by atoms with Gasteiger partial charge in [-0.15, -0.1) is 0 Å². The van der Waals surface area contributed by atoms with Crippen LogP contribution >= 0.6 is 0 Å². The summed E-state index contributed by atoms with van der Waals surface area (Å²) in [4.78, 5) is 9.59. The van der Waals surface area contributed by atoms with Crippen LogP contribution in [0.15, 0.2) is 164 Å². The second-order valence-electron chi connectivity index (χ2n) is 13.1. The molecule has 0 aliphatic heterocycles. The Balaban J connectivity index is 1.09. The topological polar surface area (TPSA) is 30.2 Å². The van der Waals surface area contributed by atoms with Crippen molar-refractivity contribution < 1.29 is 0 Å². The number of rotatable bonds is 3. The molecule has 0 bridgehead atoms. The molecule has 226 valence electrons. The standard InChI is InChI=1S/C46H27N3/c1-2-23-49-27-41(48-42(49)12-1)34-21-22-40(47-26-34)29-15-13-28(14-16-29)35-24-33-20-19-32-7-4-10-37-36-9-3-6-30-17-18-31-8-5-11-38(45(31)43(30)36)39(25-35)46(33)44(32)37/h1-27H. The highest BCUT2D eigenvalue weighted by Crippen LogP contribution is 2.44. The Morgan fingerprint density at radius 1 is 0.388 bits per heavy atom. The molecule has 0 aliphatic carbocycles. The normalized spacial score (nSPS) is 12.1. The fourth-order valence-electron chi connectivity index (χ4n) is 8.07. The largest absolute Gasteiger partial charge is 0.306 e. The lowest BCUT2D eigenvalue weighted by Gasteiger charge is -2.17. The summed E-state index contributed by atoms with van der Waals surface area (Å²) >= 11 is 0. The Labute approximate surface area is 281 Å². The summed E-state index contributed by atoms with van der Waals surface area (Å²) in [5.41, 5.74) is 7.27. The third kappa shape index (κ3) is 3.90. The lowest BCUT2D eigenvalue weighted by atomic mass is 9.86. The summed E-state index contributed by atoms with van der Waals surface area (Å²) in [7, 11) is 0. The van der Waals surface area contributed by atoms with Gasteiger partial charge in [-0.25, -0.2) is 4.98 Å². The van der Waals surface area contributed by atoms with E-state index in [-0.39, 0.29) is 0 Å². The number of fused-ring (bicyclic) bond motifs is 3. The van der Waals surface area contributed by atoms with E-state index in [2.05, 4.69) is 127 Å². The summed E-state index contributed by atoms with van der Waals surface area (Å²) in [6.45, 7) is 0. The molecule has 8 aromatic carbocycles. The summed E-state index contributed by atoms with van der Waals surface area (Å²) in [5, 5.41) is 15.6. The van der Waals surface area contributed by atoms with E-state index in [9.17, 15) is 0 Å². The van der Waals surface area contributed by atoms with Crippen molar-refractivity contribution in [2.45, 2.75) is 0 Å². The first-order valence-electron chi connectivity index (χ1n) is 16.7. The van der Waals surface area contributed by atoms with Crippen LogP contribution in [0.25, 0.3) is 104 Å². The van der Waals surface area contributed by atoms with Gasteiger partial charge in [-0.2, -0.15) is 0 Å². The lowest BCUT2D eigenvalue weighted by Crippen LogP contribution is -1.89. The van der Waals surface area contributed by atoms with Crippen LogP contribution in [0.5, 0.6) is 0 Å². The number of benzene rings is 7. The van der Waals surface area contributed by atoms with Gasteiger partial charge in [0.25, 0.3) is 0 Å². The van der Waals surface area contributed by atoms with Crippen molar-refractivity contribution in [2.24, 2.45) is 0 Å². The molecule has 11 rings (SSSR count). The first-order chi connectivity index (χ1) is 24.3. The van der Waals surface area contributed by atoms with Gasteiger partial charge in [0, 0.05) is 29.7 Å². The predicted molar refractivity (Wildman–Crippen MR) is 206 cm³/mol. The van der Waals surface area contributed by atoms with E-state index in [0.717, 1.165) is 28.2 Å². The maximum absolute atomic E-state index is 4.83. The molecule has 3 nitrogen and oxygen atoms in total. The third-order valence-electron chi connectivity index (χ3n) is 10.4. The summed E-state index contributed by atoms with van der Waals surface area (Å²) in [5.74, 6) is 0. The molecule has 3 heteroatoms. The molecule has 0 radical (unpaired) electrons. The lowest BCUT2D eigenvalue weighted by molar-refractivity contribution is 1.19. The molecular weight excluding hydrogens is 595 g/mol. The van der Waals surface area contributed by atoms with Gasteiger partial charge in [0.05, 0.1) is 11.4 Å². The van der Waals surface area contributed by atoms with Crippen LogP contribution in [0, 0.1) is 0 Å². The van der Waals surface area contributed by atoms with Gasteiger partial charge in [0.2, 0.25) is 0 Å². The van der Waals surface area contributed by atoms with Crippen molar-refractivity contribution in [1.29, 1.82) is 0 Å². The second kappa shape index (κ2) is 9.96. The zero-order valence-electron chi connectivity index (χ0n) is 26.4. The zero-order chi connectivity index (χ0) is 32.1. The van der Waals surface area contributed by atoms with Gasteiger partial charge < -0.3 is 4.40 Å². The van der Waals surface area contributed by atoms with Gasteiger partial charge >= 0.3 is 0 Å². The number of pyridine rings is 2. The Bertz CT molecular complexity index is 3040. The van der Waals surface area contributed by atoms with E-state index in [1.54, 1.807) is 0 Å². The highest BCUT2D eigenvalue weighted by molar-refractivity contribution is 6.37. The summed E-state index contributed by atoms with van der Waals surface area (Å²) in [6.07, 6.45) is 5.98. The SMILES string of the molecule is c1cc2ccc3cccc4c5cc(-c6ccc(-c7ccc(-c8cn9ccccc9n8)cn7)cc6)cc6ccc7cccc(c(c1)c2c34)c7c65. The number of hydrogen-bond acceptors (Lipinski definition) is 2. The molecule has 0 aliphatic rings. The van der Waals surface area contributed by atoms with Crippen LogP contribution in [-0.4, -0.2) is 14.4 Å². The van der Waals surface area contributed by atoms with E-state index in [1.807, 2.05) is 41.2 Å². The minimum atomic E-state index is 0.919. The van der Waals surface area contributed by atoms with Gasteiger partial charge in [-0.05, 0) is 112 Å². The number of hydrogen-bond donors (Lipinski definition) is 0. The maximum Gasteiger partial charge on any atom is 0.137 e. The minimum absolute atomic E-state index is 0.919.